The van der Waals surface area contributed by atoms with Crippen molar-refractivity contribution in [3.8, 4) is 0 Å². The van der Waals surface area contributed by atoms with Crippen LogP contribution >= 0.6 is 0 Å². The number of hydrogen-bond acceptors (Lipinski definition) is 6. The second-order valence-electron chi connectivity index (χ2n) is 5.12. The van der Waals surface area contributed by atoms with Crippen molar-refractivity contribution < 1.29 is 12.9 Å². The Morgan fingerprint density at radius 1 is 1.44 bits per heavy atom. The van der Waals surface area contributed by atoms with E-state index in [-0.39, 0.29) is 11.2 Å². The molecule has 1 unspecified atom stereocenters. The first-order valence-electron chi connectivity index (χ1n) is 6.12. The SMILES string of the molecule is CC(c1noc(C2(CN)CCCC2)n1)S(C)(=O)=O. The van der Waals surface area contributed by atoms with Gasteiger partial charge in [-0.15, -0.1) is 0 Å². The maximum atomic E-state index is 11.5. The van der Waals surface area contributed by atoms with Crippen molar-refractivity contribution in [2.24, 2.45) is 5.73 Å². The van der Waals surface area contributed by atoms with Crippen LogP contribution in [-0.2, 0) is 15.3 Å². The van der Waals surface area contributed by atoms with Crippen LogP contribution < -0.4 is 5.73 Å². The first-order chi connectivity index (χ1) is 8.39. The Hall–Kier alpha value is -0.950. The molecule has 1 aromatic heterocycles. The van der Waals surface area contributed by atoms with E-state index in [4.69, 9.17) is 10.3 Å². The summed E-state index contributed by atoms with van der Waals surface area (Å²) < 4.78 is 28.2. The van der Waals surface area contributed by atoms with E-state index in [0.717, 1.165) is 25.7 Å². The van der Waals surface area contributed by atoms with Gasteiger partial charge in [-0.3, -0.25) is 0 Å². The third kappa shape index (κ3) is 2.29. The molecule has 1 fully saturated rings. The second kappa shape index (κ2) is 4.62. The summed E-state index contributed by atoms with van der Waals surface area (Å²) >= 11 is 0. The van der Waals surface area contributed by atoms with Crippen LogP contribution in [0.3, 0.4) is 0 Å². The molecular formula is C11H19N3O3S. The fourth-order valence-electron chi connectivity index (χ4n) is 2.36. The van der Waals surface area contributed by atoms with Crippen molar-refractivity contribution in [2.45, 2.75) is 43.3 Å². The van der Waals surface area contributed by atoms with Crippen molar-refractivity contribution in [3.05, 3.63) is 11.7 Å². The van der Waals surface area contributed by atoms with Crippen LogP contribution in [0.15, 0.2) is 4.52 Å². The molecule has 6 nitrogen and oxygen atoms in total. The molecule has 0 saturated heterocycles. The van der Waals surface area contributed by atoms with Gasteiger partial charge in [0.05, 0.1) is 5.41 Å². The van der Waals surface area contributed by atoms with Gasteiger partial charge in [0.1, 0.15) is 5.25 Å². The highest BCUT2D eigenvalue weighted by Crippen LogP contribution is 2.39. The Balaban J connectivity index is 2.30. The lowest BCUT2D eigenvalue weighted by atomic mass is 9.86. The lowest BCUT2D eigenvalue weighted by Crippen LogP contribution is -2.32. The Morgan fingerprint density at radius 2 is 2.06 bits per heavy atom. The highest BCUT2D eigenvalue weighted by molar-refractivity contribution is 7.90. The number of rotatable bonds is 4. The van der Waals surface area contributed by atoms with E-state index in [0.29, 0.717) is 12.4 Å². The van der Waals surface area contributed by atoms with Crippen LogP contribution in [0.1, 0.15) is 49.6 Å². The van der Waals surface area contributed by atoms with Crippen LogP contribution in [-0.4, -0.2) is 31.4 Å². The van der Waals surface area contributed by atoms with E-state index in [9.17, 15) is 8.42 Å². The lowest BCUT2D eigenvalue weighted by Gasteiger charge is -2.21. The van der Waals surface area contributed by atoms with E-state index in [1.165, 1.54) is 6.26 Å². The highest BCUT2D eigenvalue weighted by Gasteiger charge is 2.40. The van der Waals surface area contributed by atoms with Crippen LogP contribution in [0.2, 0.25) is 0 Å². The third-order valence-electron chi connectivity index (χ3n) is 3.85. The standard InChI is InChI=1S/C11H19N3O3S/c1-8(18(2,15)16)9-13-10(17-14-9)11(7-12)5-3-4-6-11/h8H,3-7,12H2,1-2H3. The molecule has 1 saturated carbocycles. The van der Waals surface area contributed by atoms with E-state index >= 15 is 0 Å². The van der Waals surface area contributed by atoms with Gasteiger partial charge in [0, 0.05) is 12.8 Å². The normalized spacial score (nSPS) is 21.1. The minimum Gasteiger partial charge on any atom is -0.339 e. The molecular weight excluding hydrogens is 254 g/mol. The molecule has 7 heteroatoms. The molecule has 0 aliphatic heterocycles. The molecule has 102 valence electrons. The molecule has 1 atom stereocenters. The summed E-state index contributed by atoms with van der Waals surface area (Å²) in [4.78, 5) is 4.26. The topological polar surface area (TPSA) is 99.1 Å². The molecule has 1 aliphatic carbocycles. The minimum atomic E-state index is -3.21. The summed E-state index contributed by atoms with van der Waals surface area (Å²) in [7, 11) is -3.21. The molecule has 2 rings (SSSR count). The van der Waals surface area contributed by atoms with Gasteiger partial charge < -0.3 is 10.3 Å². The van der Waals surface area contributed by atoms with Gasteiger partial charge in [-0.2, -0.15) is 4.98 Å². The highest BCUT2D eigenvalue weighted by atomic mass is 32.2. The van der Waals surface area contributed by atoms with Crippen molar-refractivity contribution in [1.29, 1.82) is 0 Å². The van der Waals surface area contributed by atoms with E-state index in [1.54, 1.807) is 6.92 Å². The average Bonchev–Trinajstić information content (AvgIpc) is 2.96. The summed E-state index contributed by atoms with van der Waals surface area (Å²) in [5, 5.41) is 3.06. The predicted molar refractivity (Wildman–Crippen MR) is 66.8 cm³/mol. The van der Waals surface area contributed by atoms with Gasteiger partial charge in [-0.1, -0.05) is 18.0 Å². The first-order valence-corrected chi connectivity index (χ1v) is 8.07. The number of sulfone groups is 1. The molecule has 18 heavy (non-hydrogen) atoms. The zero-order valence-corrected chi connectivity index (χ0v) is 11.5. The number of nitrogens with zero attached hydrogens (tertiary/aromatic N) is 2. The zero-order valence-electron chi connectivity index (χ0n) is 10.7. The summed E-state index contributed by atoms with van der Waals surface area (Å²) in [6.07, 6.45) is 5.21. The molecule has 0 aromatic carbocycles. The summed E-state index contributed by atoms with van der Waals surface area (Å²) in [5.41, 5.74) is 5.58. The largest absolute Gasteiger partial charge is 0.339 e. The summed E-state index contributed by atoms with van der Waals surface area (Å²) in [5.74, 6) is 0.722. The average molecular weight is 273 g/mol. The fourth-order valence-corrected chi connectivity index (χ4v) is 2.84. The predicted octanol–water partition coefficient (Wildman–Crippen LogP) is 0.946. The quantitative estimate of drug-likeness (QED) is 0.876. The van der Waals surface area contributed by atoms with Gasteiger partial charge in [0.2, 0.25) is 5.89 Å². The van der Waals surface area contributed by atoms with Crippen molar-refractivity contribution >= 4 is 9.84 Å². The molecule has 1 aliphatic rings. The zero-order chi connectivity index (χ0) is 13.4. The van der Waals surface area contributed by atoms with Gasteiger partial charge in [-0.25, -0.2) is 8.42 Å². The van der Waals surface area contributed by atoms with Crippen molar-refractivity contribution in [1.82, 2.24) is 10.1 Å². The maximum absolute atomic E-state index is 11.5. The molecule has 1 heterocycles. The van der Waals surface area contributed by atoms with Gasteiger partial charge in [-0.05, 0) is 19.8 Å². The Kier molecular flexibility index (Phi) is 3.46. The molecule has 0 amide bonds. The molecule has 0 radical (unpaired) electrons. The molecule has 0 bridgehead atoms. The molecule has 2 N–H and O–H groups in total. The van der Waals surface area contributed by atoms with E-state index in [2.05, 4.69) is 10.1 Å². The first kappa shape index (κ1) is 13.5. The Labute approximate surface area is 107 Å². The van der Waals surface area contributed by atoms with Crippen LogP contribution in [0.4, 0.5) is 0 Å². The number of nitrogens with two attached hydrogens (primary N) is 1. The van der Waals surface area contributed by atoms with Gasteiger partial charge >= 0.3 is 0 Å². The summed E-state index contributed by atoms with van der Waals surface area (Å²) in [6.45, 7) is 2.02. The van der Waals surface area contributed by atoms with Crippen molar-refractivity contribution in [2.75, 3.05) is 12.8 Å². The monoisotopic (exact) mass is 273 g/mol. The van der Waals surface area contributed by atoms with E-state index in [1.807, 2.05) is 0 Å². The van der Waals surface area contributed by atoms with E-state index < -0.39 is 15.1 Å². The van der Waals surface area contributed by atoms with Crippen LogP contribution in [0, 0.1) is 0 Å². The lowest BCUT2D eigenvalue weighted by molar-refractivity contribution is 0.283. The van der Waals surface area contributed by atoms with Gasteiger partial charge in [0.15, 0.2) is 15.7 Å². The molecule has 1 aromatic rings. The third-order valence-corrected chi connectivity index (χ3v) is 5.35. The number of hydrogen-bond donors (Lipinski definition) is 1. The maximum Gasteiger partial charge on any atom is 0.234 e. The Bertz CT molecular complexity index is 517. The fraction of sp³-hybridized carbons (Fsp3) is 0.818. The summed E-state index contributed by atoms with van der Waals surface area (Å²) in [6, 6.07) is 0. The second-order valence-corrected chi connectivity index (χ2v) is 7.49. The number of aromatic nitrogens is 2. The minimum absolute atomic E-state index is 0.229. The smallest absolute Gasteiger partial charge is 0.234 e. The Morgan fingerprint density at radius 3 is 2.56 bits per heavy atom. The van der Waals surface area contributed by atoms with Crippen molar-refractivity contribution in [3.63, 3.8) is 0 Å². The molecule has 0 spiro atoms. The van der Waals surface area contributed by atoms with Crippen LogP contribution in [0.5, 0.6) is 0 Å². The van der Waals surface area contributed by atoms with Gasteiger partial charge in [0.25, 0.3) is 0 Å². The van der Waals surface area contributed by atoms with Crippen LogP contribution in [0.25, 0.3) is 0 Å².